The average molecular weight is 305 g/mol. The van der Waals surface area contributed by atoms with Gasteiger partial charge in [-0.25, -0.2) is 4.98 Å². The minimum absolute atomic E-state index is 0.00387. The van der Waals surface area contributed by atoms with Gasteiger partial charge >= 0.3 is 0 Å². The number of hydrogen-bond acceptors (Lipinski definition) is 4. The number of rotatable bonds is 3. The summed E-state index contributed by atoms with van der Waals surface area (Å²) in [6.07, 6.45) is 5.23. The van der Waals surface area contributed by atoms with Gasteiger partial charge < -0.3 is 14.8 Å². The fourth-order valence-corrected chi connectivity index (χ4v) is 3.29. The molecule has 1 saturated carbocycles. The van der Waals surface area contributed by atoms with Crippen LogP contribution in [0.4, 0.5) is 5.82 Å². The maximum absolute atomic E-state index is 6.14. The molecule has 0 saturated heterocycles. The van der Waals surface area contributed by atoms with Gasteiger partial charge in [0.15, 0.2) is 11.5 Å². The third-order valence-electron chi connectivity index (χ3n) is 4.38. The molecular formula is C16H17ClN2O2. The molecule has 0 unspecified atom stereocenters. The summed E-state index contributed by atoms with van der Waals surface area (Å²) in [5, 5.41) is 5.70. The Bertz CT molecular complexity index is 680. The molecular weight excluding hydrogens is 288 g/mol. The van der Waals surface area contributed by atoms with Crippen LogP contribution < -0.4 is 14.8 Å². The molecule has 0 atom stereocenters. The topological polar surface area (TPSA) is 43.4 Å². The van der Waals surface area contributed by atoms with Crippen LogP contribution >= 0.6 is 11.6 Å². The van der Waals surface area contributed by atoms with Gasteiger partial charge in [-0.05, 0) is 42.8 Å². The lowest BCUT2D eigenvalue weighted by atomic mass is 9.78. The molecule has 0 bridgehead atoms. The zero-order chi connectivity index (χ0) is 14.3. The van der Waals surface area contributed by atoms with Crippen LogP contribution in [0.1, 0.15) is 19.3 Å². The Morgan fingerprint density at radius 3 is 2.62 bits per heavy atom. The molecule has 0 amide bonds. The van der Waals surface area contributed by atoms with Gasteiger partial charge in [-0.1, -0.05) is 0 Å². The monoisotopic (exact) mass is 304 g/mol. The summed E-state index contributed by atoms with van der Waals surface area (Å²) in [4.78, 5) is 4.50. The van der Waals surface area contributed by atoms with Crippen LogP contribution in [0.2, 0.25) is 0 Å². The first kappa shape index (κ1) is 13.0. The predicted octanol–water partition coefficient (Wildman–Crippen LogP) is 3.58. The Morgan fingerprint density at radius 1 is 1.19 bits per heavy atom. The van der Waals surface area contributed by atoms with Crippen molar-refractivity contribution in [1.29, 1.82) is 0 Å². The number of nitrogens with one attached hydrogen (secondary N) is 1. The van der Waals surface area contributed by atoms with Gasteiger partial charge in [0.25, 0.3) is 0 Å². The second-order valence-electron chi connectivity index (χ2n) is 5.77. The van der Waals surface area contributed by atoms with E-state index in [9.17, 15) is 0 Å². The number of ether oxygens (including phenoxy) is 2. The standard InChI is InChI=1S/C16H17ClN2O2/c17-10-16(3-1-4-16)19-15-12-9-14-13(20-6-7-21-14)8-11(12)2-5-18-15/h2,5,8-9H,1,3-4,6-7,10H2,(H,18,19). The van der Waals surface area contributed by atoms with E-state index >= 15 is 0 Å². The van der Waals surface area contributed by atoms with Crippen molar-refractivity contribution in [2.45, 2.75) is 24.8 Å². The van der Waals surface area contributed by atoms with Crippen LogP contribution in [0, 0.1) is 0 Å². The van der Waals surface area contributed by atoms with Gasteiger partial charge in [0.2, 0.25) is 0 Å². The Kier molecular flexibility index (Phi) is 3.07. The summed E-state index contributed by atoms with van der Waals surface area (Å²) in [6.45, 7) is 1.19. The molecule has 2 aromatic rings. The SMILES string of the molecule is ClCC1(Nc2nccc3cc4c(cc23)OCCO4)CCC1. The molecule has 4 nitrogen and oxygen atoms in total. The maximum Gasteiger partial charge on any atom is 0.162 e. The van der Waals surface area contributed by atoms with Crippen molar-refractivity contribution in [3.63, 3.8) is 0 Å². The van der Waals surface area contributed by atoms with Gasteiger partial charge in [-0.2, -0.15) is 0 Å². The number of benzene rings is 1. The summed E-state index contributed by atoms with van der Waals surface area (Å²) in [5.41, 5.74) is -0.00387. The fourth-order valence-electron chi connectivity index (χ4n) is 2.96. The molecule has 0 spiro atoms. The highest BCUT2D eigenvalue weighted by Crippen LogP contribution is 2.40. The van der Waals surface area contributed by atoms with Crippen LogP contribution in [0.3, 0.4) is 0 Å². The number of hydrogen-bond donors (Lipinski definition) is 1. The first-order chi connectivity index (χ1) is 10.3. The van der Waals surface area contributed by atoms with Crippen molar-refractivity contribution >= 4 is 28.2 Å². The van der Waals surface area contributed by atoms with E-state index in [0.29, 0.717) is 19.1 Å². The Hall–Kier alpha value is -1.68. The van der Waals surface area contributed by atoms with Crippen molar-refractivity contribution in [3.05, 3.63) is 24.4 Å². The Morgan fingerprint density at radius 2 is 1.95 bits per heavy atom. The second-order valence-corrected chi connectivity index (χ2v) is 6.04. The quantitative estimate of drug-likeness (QED) is 0.880. The lowest BCUT2D eigenvalue weighted by molar-refractivity contribution is 0.172. The summed E-state index contributed by atoms with van der Waals surface area (Å²) in [7, 11) is 0. The largest absolute Gasteiger partial charge is 0.486 e. The molecule has 0 radical (unpaired) electrons. The van der Waals surface area contributed by atoms with Crippen molar-refractivity contribution in [3.8, 4) is 11.5 Å². The van der Waals surface area contributed by atoms with Crippen LogP contribution in [0.5, 0.6) is 11.5 Å². The number of fused-ring (bicyclic) bond motifs is 2. The van der Waals surface area contributed by atoms with Gasteiger partial charge in [0.1, 0.15) is 19.0 Å². The van der Waals surface area contributed by atoms with Crippen LogP contribution in [-0.4, -0.2) is 29.6 Å². The van der Waals surface area contributed by atoms with Crippen LogP contribution in [0.15, 0.2) is 24.4 Å². The molecule has 110 valence electrons. The van der Waals surface area contributed by atoms with Crippen molar-refractivity contribution in [2.75, 3.05) is 24.4 Å². The van der Waals surface area contributed by atoms with E-state index in [2.05, 4.69) is 10.3 Å². The van der Waals surface area contributed by atoms with E-state index in [1.165, 1.54) is 6.42 Å². The van der Waals surface area contributed by atoms with Gasteiger partial charge in [-0.3, -0.25) is 0 Å². The molecule has 2 heterocycles. The number of alkyl halides is 1. The van der Waals surface area contributed by atoms with E-state index in [1.54, 1.807) is 0 Å². The summed E-state index contributed by atoms with van der Waals surface area (Å²) < 4.78 is 11.3. The smallest absolute Gasteiger partial charge is 0.162 e. The number of aromatic nitrogens is 1. The van der Waals surface area contributed by atoms with Crippen LogP contribution in [0.25, 0.3) is 10.8 Å². The molecule has 5 heteroatoms. The first-order valence-corrected chi connectivity index (χ1v) is 7.86. The second kappa shape index (κ2) is 4.95. The van der Waals surface area contributed by atoms with E-state index in [0.717, 1.165) is 40.9 Å². The van der Waals surface area contributed by atoms with Crippen molar-refractivity contribution in [2.24, 2.45) is 0 Å². The van der Waals surface area contributed by atoms with Crippen molar-refractivity contribution < 1.29 is 9.47 Å². The number of anilines is 1. The highest BCUT2D eigenvalue weighted by atomic mass is 35.5. The lowest BCUT2D eigenvalue weighted by Gasteiger charge is -2.41. The Balaban J connectivity index is 1.78. The number of pyridine rings is 1. The van der Waals surface area contributed by atoms with Gasteiger partial charge in [0, 0.05) is 17.5 Å². The first-order valence-electron chi connectivity index (χ1n) is 7.32. The molecule has 2 aliphatic rings. The minimum atomic E-state index is -0.00387. The number of halogens is 1. The van der Waals surface area contributed by atoms with E-state index < -0.39 is 0 Å². The Labute approximate surface area is 128 Å². The molecule has 1 N–H and O–H groups in total. The van der Waals surface area contributed by atoms with Gasteiger partial charge in [0.05, 0.1) is 5.54 Å². The molecule has 1 aliphatic heterocycles. The summed E-state index contributed by atoms with van der Waals surface area (Å²) in [6, 6.07) is 6.03. The highest BCUT2D eigenvalue weighted by molar-refractivity contribution is 6.19. The fraction of sp³-hybridized carbons (Fsp3) is 0.438. The molecule has 1 aliphatic carbocycles. The average Bonchev–Trinajstić information content (AvgIpc) is 2.49. The van der Waals surface area contributed by atoms with Crippen molar-refractivity contribution in [1.82, 2.24) is 4.98 Å². The zero-order valence-corrected chi connectivity index (χ0v) is 12.4. The third-order valence-corrected chi connectivity index (χ3v) is 4.89. The predicted molar refractivity (Wildman–Crippen MR) is 83.7 cm³/mol. The van der Waals surface area contributed by atoms with Gasteiger partial charge in [-0.15, -0.1) is 11.6 Å². The van der Waals surface area contributed by atoms with E-state index in [4.69, 9.17) is 21.1 Å². The highest BCUT2D eigenvalue weighted by Gasteiger charge is 2.36. The minimum Gasteiger partial charge on any atom is -0.486 e. The maximum atomic E-state index is 6.14. The third kappa shape index (κ3) is 2.18. The summed E-state index contributed by atoms with van der Waals surface area (Å²) >= 11 is 6.14. The molecule has 1 aromatic carbocycles. The zero-order valence-electron chi connectivity index (χ0n) is 11.7. The number of nitrogens with zero attached hydrogens (tertiary/aromatic N) is 1. The molecule has 1 aromatic heterocycles. The molecule has 1 fully saturated rings. The van der Waals surface area contributed by atoms with Crippen LogP contribution in [-0.2, 0) is 0 Å². The normalized spacial score (nSPS) is 19.1. The van der Waals surface area contributed by atoms with E-state index in [-0.39, 0.29) is 5.54 Å². The molecule has 4 rings (SSSR count). The molecule has 21 heavy (non-hydrogen) atoms. The lowest BCUT2D eigenvalue weighted by Crippen LogP contribution is -2.47. The van der Waals surface area contributed by atoms with E-state index in [1.807, 2.05) is 24.4 Å². The summed E-state index contributed by atoms with van der Waals surface area (Å²) in [5.74, 6) is 3.08.